The Balaban J connectivity index is 1.58. The second kappa shape index (κ2) is 8.61. The molecule has 0 bridgehead atoms. The Morgan fingerprint density at radius 3 is 2.74 bits per heavy atom. The van der Waals surface area contributed by atoms with Gasteiger partial charge in [0.15, 0.2) is 0 Å². The Bertz CT molecular complexity index is 522. The van der Waals surface area contributed by atoms with E-state index < -0.39 is 24.5 Å². The van der Waals surface area contributed by atoms with Crippen LogP contribution in [0.4, 0.5) is 4.79 Å². The van der Waals surface area contributed by atoms with Gasteiger partial charge in [-0.3, -0.25) is 5.32 Å². The molecule has 7 nitrogen and oxygen atoms in total. The number of alkyl carbamates (subject to hydrolysis) is 1. The molecule has 1 aliphatic heterocycles. The summed E-state index contributed by atoms with van der Waals surface area (Å²) in [6, 6.07) is 9.01. The average molecular weight is 322 g/mol. The van der Waals surface area contributed by atoms with E-state index in [1.54, 1.807) is 0 Å². The summed E-state index contributed by atoms with van der Waals surface area (Å²) in [5, 5.41) is 15.0. The summed E-state index contributed by atoms with van der Waals surface area (Å²) in [6.45, 7) is 2.83. The first-order valence-electron chi connectivity index (χ1n) is 7.63. The molecule has 3 atom stereocenters. The van der Waals surface area contributed by atoms with E-state index in [9.17, 15) is 14.7 Å². The number of esters is 1. The van der Waals surface area contributed by atoms with Crippen LogP contribution in [0.15, 0.2) is 30.3 Å². The van der Waals surface area contributed by atoms with Crippen molar-refractivity contribution in [3.05, 3.63) is 35.9 Å². The fourth-order valence-corrected chi connectivity index (χ4v) is 2.33. The van der Waals surface area contributed by atoms with Gasteiger partial charge in [0.25, 0.3) is 0 Å². The maximum atomic E-state index is 11.3. The molecule has 7 heteroatoms. The topological polar surface area (TPSA) is 96.9 Å². The molecule has 0 saturated carbocycles. The monoisotopic (exact) mass is 322 g/mol. The van der Waals surface area contributed by atoms with Crippen molar-refractivity contribution >= 4 is 12.1 Å². The highest BCUT2D eigenvalue weighted by molar-refractivity contribution is 5.95. The number of nitrogens with one attached hydrogen (secondary N) is 2. The second-order valence-electron chi connectivity index (χ2n) is 5.64. The largest absolute Gasteiger partial charge is 0.415 e. The molecule has 1 unspecified atom stereocenters. The number of aliphatic hydroxyl groups is 1. The van der Waals surface area contributed by atoms with Crippen LogP contribution in [-0.2, 0) is 20.9 Å². The number of carbonyl (C=O) groups is 2. The summed E-state index contributed by atoms with van der Waals surface area (Å²) in [7, 11) is 0. The Kier molecular flexibility index (Phi) is 6.52. The van der Waals surface area contributed by atoms with E-state index in [0.29, 0.717) is 19.6 Å². The van der Waals surface area contributed by atoms with Crippen LogP contribution in [0.3, 0.4) is 0 Å². The van der Waals surface area contributed by atoms with E-state index in [1.807, 2.05) is 37.3 Å². The van der Waals surface area contributed by atoms with Gasteiger partial charge in [0.05, 0.1) is 6.61 Å². The summed E-state index contributed by atoms with van der Waals surface area (Å²) in [6.07, 6.45) is -0.493. The lowest BCUT2D eigenvalue weighted by molar-refractivity contribution is -0.136. The Labute approximate surface area is 135 Å². The number of carbonyl (C=O) groups excluding carboxylic acids is 2. The molecule has 0 aromatic heterocycles. The normalized spacial score (nSPS) is 20.0. The predicted molar refractivity (Wildman–Crippen MR) is 82.1 cm³/mol. The van der Waals surface area contributed by atoms with Gasteiger partial charge in [-0.2, -0.15) is 0 Å². The van der Waals surface area contributed by atoms with Crippen molar-refractivity contribution in [3.63, 3.8) is 0 Å². The lowest BCUT2D eigenvalue weighted by Gasteiger charge is -2.17. The lowest BCUT2D eigenvalue weighted by Crippen LogP contribution is -2.34. The third-order valence-corrected chi connectivity index (χ3v) is 3.61. The van der Waals surface area contributed by atoms with Crippen LogP contribution in [0, 0.1) is 5.92 Å². The quantitative estimate of drug-likeness (QED) is 0.358. The number of rotatable bonds is 9. The molecule has 1 aromatic carbocycles. The second-order valence-corrected chi connectivity index (χ2v) is 5.64. The van der Waals surface area contributed by atoms with Crippen LogP contribution in [0.25, 0.3) is 0 Å². The first kappa shape index (κ1) is 17.4. The third kappa shape index (κ3) is 5.97. The lowest BCUT2D eigenvalue weighted by atomic mass is 9.99. The SMILES string of the molecule is C[C@H](CCNC(O)OCc1ccccc1)C[C@@H]1NC(=O)OC1=O. The van der Waals surface area contributed by atoms with Crippen molar-refractivity contribution < 1.29 is 24.2 Å². The molecule has 0 radical (unpaired) electrons. The van der Waals surface area contributed by atoms with Gasteiger partial charge in [0, 0.05) is 0 Å². The highest BCUT2D eigenvalue weighted by Crippen LogP contribution is 2.14. The van der Waals surface area contributed by atoms with E-state index in [0.717, 1.165) is 12.0 Å². The maximum absolute atomic E-state index is 11.3. The standard InChI is InChI=1S/C16H22N2O5/c1-11(9-13-14(19)23-16(21)18-13)7-8-17-15(20)22-10-12-5-3-2-4-6-12/h2-6,11,13,15,17,20H,7-10H2,1H3,(H,18,21)/t11-,13+,15?/m1/s1. The van der Waals surface area contributed by atoms with E-state index in [4.69, 9.17) is 4.74 Å². The molecule has 1 heterocycles. The van der Waals surface area contributed by atoms with E-state index in [-0.39, 0.29) is 5.92 Å². The van der Waals surface area contributed by atoms with E-state index >= 15 is 0 Å². The summed E-state index contributed by atoms with van der Waals surface area (Å²) >= 11 is 0. The van der Waals surface area contributed by atoms with Crippen molar-refractivity contribution in [2.45, 2.75) is 38.8 Å². The molecule has 1 saturated heterocycles. The summed E-state index contributed by atoms with van der Waals surface area (Å²) in [4.78, 5) is 22.3. The minimum absolute atomic E-state index is 0.180. The van der Waals surface area contributed by atoms with Crippen molar-refractivity contribution in [1.82, 2.24) is 10.6 Å². The van der Waals surface area contributed by atoms with Crippen molar-refractivity contribution in [1.29, 1.82) is 0 Å². The van der Waals surface area contributed by atoms with E-state index in [2.05, 4.69) is 15.4 Å². The number of amides is 1. The van der Waals surface area contributed by atoms with Gasteiger partial charge in [0.2, 0.25) is 6.41 Å². The molecular formula is C16H22N2O5. The van der Waals surface area contributed by atoms with Crippen molar-refractivity contribution in [2.24, 2.45) is 5.92 Å². The van der Waals surface area contributed by atoms with Gasteiger partial charge >= 0.3 is 12.1 Å². The van der Waals surface area contributed by atoms with Crippen LogP contribution in [0.2, 0.25) is 0 Å². The molecule has 1 aliphatic rings. The zero-order valence-electron chi connectivity index (χ0n) is 13.0. The van der Waals surface area contributed by atoms with Crippen LogP contribution >= 0.6 is 0 Å². The first-order chi connectivity index (χ1) is 11.0. The Hall–Kier alpha value is -1.96. The number of ether oxygens (including phenoxy) is 2. The number of cyclic esters (lactones) is 2. The molecule has 23 heavy (non-hydrogen) atoms. The maximum Gasteiger partial charge on any atom is 0.415 e. The number of hydrogen-bond donors (Lipinski definition) is 3. The van der Waals surface area contributed by atoms with Gasteiger partial charge in [-0.25, -0.2) is 9.59 Å². The number of hydrogen-bond acceptors (Lipinski definition) is 6. The Morgan fingerprint density at radius 1 is 1.35 bits per heavy atom. The summed E-state index contributed by atoms with van der Waals surface area (Å²) in [5.74, 6) is -0.346. The molecule has 126 valence electrons. The van der Waals surface area contributed by atoms with Crippen molar-refractivity contribution in [3.8, 4) is 0 Å². The number of aliphatic hydroxyl groups excluding tert-OH is 1. The minimum Gasteiger partial charge on any atom is -0.375 e. The fraction of sp³-hybridized carbons (Fsp3) is 0.500. The average Bonchev–Trinajstić information content (AvgIpc) is 2.84. The molecule has 3 N–H and O–H groups in total. The van der Waals surface area contributed by atoms with Crippen molar-refractivity contribution in [2.75, 3.05) is 6.54 Å². The molecular weight excluding hydrogens is 300 g/mol. The van der Waals surface area contributed by atoms with Gasteiger partial charge < -0.3 is 19.9 Å². The smallest absolute Gasteiger partial charge is 0.375 e. The highest BCUT2D eigenvalue weighted by atomic mass is 16.6. The van der Waals surface area contributed by atoms with Crippen LogP contribution in [-0.4, -0.2) is 36.2 Å². The summed E-state index contributed by atoms with van der Waals surface area (Å²) in [5.41, 5.74) is 0.984. The van der Waals surface area contributed by atoms with Gasteiger partial charge in [0.1, 0.15) is 6.04 Å². The highest BCUT2D eigenvalue weighted by Gasteiger charge is 2.33. The third-order valence-electron chi connectivity index (χ3n) is 3.61. The fourth-order valence-electron chi connectivity index (χ4n) is 2.33. The molecule has 1 fully saturated rings. The number of benzene rings is 1. The molecule has 0 spiro atoms. The zero-order valence-corrected chi connectivity index (χ0v) is 13.0. The molecule has 0 aliphatic carbocycles. The molecule has 2 rings (SSSR count). The van der Waals surface area contributed by atoms with Crippen LogP contribution in [0.5, 0.6) is 0 Å². The van der Waals surface area contributed by atoms with Gasteiger partial charge in [-0.15, -0.1) is 0 Å². The zero-order chi connectivity index (χ0) is 16.7. The predicted octanol–water partition coefficient (Wildman–Crippen LogP) is 1.12. The van der Waals surface area contributed by atoms with Gasteiger partial charge in [-0.05, 0) is 30.9 Å². The van der Waals surface area contributed by atoms with Crippen LogP contribution in [0.1, 0.15) is 25.3 Å². The molecule has 1 amide bonds. The minimum atomic E-state index is -1.04. The Morgan fingerprint density at radius 2 is 2.09 bits per heavy atom. The molecule has 1 aromatic rings. The first-order valence-corrected chi connectivity index (χ1v) is 7.63. The summed E-state index contributed by atoms with van der Waals surface area (Å²) < 4.78 is 9.71. The van der Waals surface area contributed by atoms with Crippen LogP contribution < -0.4 is 10.6 Å². The van der Waals surface area contributed by atoms with E-state index in [1.165, 1.54) is 0 Å². The van der Waals surface area contributed by atoms with Gasteiger partial charge in [-0.1, -0.05) is 37.3 Å².